The smallest absolute Gasteiger partial charge is 0.211 e. The van der Waals surface area contributed by atoms with Gasteiger partial charge >= 0.3 is 0 Å². The Hall–Kier alpha value is -0.130. The summed E-state index contributed by atoms with van der Waals surface area (Å²) in [5, 5.41) is 0. The maximum absolute atomic E-state index is 11.0. The van der Waals surface area contributed by atoms with Gasteiger partial charge in [-0.3, -0.25) is 0 Å². The van der Waals surface area contributed by atoms with Crippen LogP contribution in [0.4, 0.5) is 0 Å². The van der Waals surface area contributed by atoms with Gasteiger partial charge in [-0.25, -0.2) is 13.1 Å². The molecule has 13 heavy (non-hydrogen) atoms. The molecule has 1 saturated carbocycles. The highest BCUT2D eigenvalue weighted by Gasteiger charge is 2.25. The highest BCUT2D eigenvalue weighted by Crippen LogP contribution is 2.24. The van der Waals surface area contributed by atoms with E-state index in [0.717, 1.165) is 6.54 Å². The minimum absolute atomic E-state index is 0.167. The molecule has 0 amide bonds. The largest absolute Gasteiger partial charge is 0.302 e. The van der Waals surface area contributed by atoms with Crippen molar-refractivity contribution in [1.29, 1.82) is 0 Å². The van der Waals surface area contributed by atoms with E-state index >= 15 is 0 Å². The molecule has 0 aromatic carbocycles. The number of nitrogens with one attached hydrogen (secondary N) is 1. The van der Waals surface area contributed by atoms with Crippen LogP contribution in [0.15, 0.2) is 0 Å². The van der Waals surface area contributed by atoms with Crippen molar-refractivity contribution < 1.29 is 8.42 Å². The second kappa shape index (κ2) is 4.39. The molecule has 0 spiro atoms. The van der Waals surface area contributed by atoms with E-state index in [1.165, 1.54) is 12.8 Å². The van der Waals surface area contributed by atoms with Gasteiger partial charge in [-0.2, -0.15) is 0 Å². The number of hydrogen-bond acceptors (Lipinski definition) is 3. The first-order valence-electron chi connectivity index (χ1n) is 4.72. The molecule has 0 aromatic heterocycles. The quantitative estimate of drug-likeness (QED) is 0.666. The van der Waals surface area contributed by atoms with E-state index < -0.39 is 10.0 Å². The molecule has 5 heteroatoms. The van der Waals surface area contributed by atoms with E-state index in [4.69, 9.17) is 0 Å². The number of nitrogens with zero attached hydrogens (tertiary/aromatic N) is 1. The van der Waals surface area contributed by atoms with Crippen molar-refractivity contribution in [2.24, 2.45) is 0 Å². The summed E-state index contributed by atoms with van der Waals surface area (Å²) in [5.41, 5.74) is 0. The van der Waals surface area contributed by atoms with E-state index in [1.54, 1.807) is 6.92 Å². The molecule has 1 N–H and O–H groups in total. The fourth-order valence-corrected chi connectivity index (χ4v) is 1.78. The van der Waals surface area contributed by atoms with Gasteiger partial charge in [0.1, 0.15) is 0 Å². The standard InChI is InChI=1S/C8H18N2O2S/c1-3-13(11,12)9-6-7-10(2)8-4-5-8/h8-9H,3-7H2,1-2H3. The molecular formula is C8H18N2O2S. The second-order valence-corrected chi connectivity index (χ2v) is 5.61. The number of sulfonamides is 1. The van der Waals surface area contributed by atoms with Gasteiger partial charge < -0.3 is 4.90 Å². The van der Waals surface area contributed by atoms with Crippen LogP contribution < -0.4 is 4.72 Å². The molecule has 0 unspecified atom stereocenters. The van der Waals surface area contributed by atoms with E-state index in [-0.39, 0.29) is 5.75 Å². The van der Waals surface area contributed by atoms with Crippen LogP contribution in [0.2, 0.25) is 0 Å². The Morgan fingerprint density at radius 2 is 2.08 bits per heavy atom. The first-order chi connectivity index (χ1) is 6.05. The molecule has 0 aromatic rings. The summed E-state index contributed by atoms with van der Waals surface area (Å²) in [6.45, 7) is 2.99. The minimum Gasteiger partial charge on any atom is -0.302 e. The van der Waals surface area contributed by atoms with Crippen molar-refractivity contribution in [2.75, 3.05) is 25.9 Å². The average Bonchev–Trinajstić information content (AvgIpc) is 2.86. The van der Waals surface area contributed by atoms with Crippen LogP contribution >= 0.6 is 0 Å². The highest BCUT2D eigenvalue weighted by atomic mass is 32.2. The molecule has 1 aliphatic carbocycles. The molecule has 1 aliphatic rings. The van der Waals surface area contributed by atoms with Gasteiger partial charge in [-0.15, -0.1) is 0 Å². The van der Waals surface area contributed by atoms with Gasteiger partial charge in [0.2, 0.25) is 10.0 Å². The van der Waals surface area contributed by atoms with Gasteiger partial charge in [0.25, 0.3) is 0 Å². The lowest BCUT2D eigenvalue weighted by molar-refractivity contribution is 0.329. The Morgan fingerprint density at radius 1 is 1.46 bits per heavy atom. The molecule has 1 rings (SSSR count). The van der Waals surface area contributed by atoms with Crippen LogP contribution in [0.5, 0.6) is 0 Å². The van der Waals surface area contributed by atoms with E-state index in [2.05, 4.69) is 9.62 Å². The highest BCUT2D eigenvalue weighted by molar-refractivity contribution is 7.89. The summed E-state index contributed by atoms with van der Waals surface area (Å²) in [6, 6.07) is 0.700. The maximum atomic E-state index is 11.0. The molecule has 0 saturated heterocycles. The zero-order chi connectivity index (χ0) is 9.90. The van der Waals surface area contributed by atoms with Crippen LogP contribution in [-0.4, -0.2) is 45.2 Å². The number of hydrogen-bond donors (Lipinski definition) is 1. The van der Waals surface area contributed by atoms with E-state index in [1.807, 2.05) is 7.05 Å². The zero-order valence-electron chi connectivity index (χ0n) is 8.28. The van der Waals surface area contributed by atoms with Gasteiger partial charge in [0.15, 0.2) is 0 Å². The summed E-state index contributed by atoms with van der Waals surface area (Å²) >= 11 is 0. The predicted octanol–water partition coefficient (Wildman–Crippen LogP) is 0.0199. The molecule has 0 aliphatic heterocycles. The Balaban J connectivity index is 2.12. The Kier molecular flexibility index (Phi) is 3.70. The van der Waals surface area contributed by atoms with Gasteiger partial charge in [-0.05, 0) is 26.8 Å². The first-order valence-corrected chi connectivity index (χ1v) is 6.38. The molecule has 1 fully saturated rings. The SMILES string of the molecule is CCS(=O)(=O)NCCN(C)C1CC1. The maximum Gasteiger partial charge on any atom is 0.211 e. The van der Waals surface area contributed by atoms with Crippen LogP contribution in [0.1, 0.15) is 19.8 Å². The van der Waals surface area contributed by atoms with Crippen molar-refractivity contribution in [1.82, 2.24) is 9.62 Å². The number of likely N-dealkylation sites (N-methyl/N-ethyl adjacent to an activating group) is 1. The van der Waals surface area contributed by atoms with Crippen LogP contribution in [-0.2, 0) is 10.0 Å². The molecule has 0 atom stereocenters. The lowest BCUT2D eigenvalue weighted by atomic mass is 10.5. The van der Waals surface area contributed by atoms with E-state index in [9.17, 15) is 8.42 Å². The fraction of sp³-hybridized carbons (Fsp3) is 1.00. The Labute approximate surface area is 80.4 Å². The fourth-order valence-electron chi connectivity index (χ4n) is 1.18. The monoisotopic (exact) mass is 206 g/mol. The third-order valence-corrected chi connectivity index (χ3v) is 3.74. The summed E-state index contributed by atoms with van der Waals surface area (Å²) in [5.74, 6) is 0.167. The summed E-state index contributed by atoms with van der Waals surface area (Å²) in [6.07, 6.45) is 2.52. The third-order valence-electron chi connectivity index (χ3n) is 2.34. The third kappa shape index (κ3) is 4.06. The Morgan fingerprint density at radius 3 is 2.54 bits per heavy atom. The first kappa shape index (κ1) is 10.9. The van der Waals surface area contributed by atoms with Crippen LogP contribution in [0.3, 0.4) is 0 Å². The van der Waals surface area contributed by atoms with Gasteiger partial charge in [0, 0.05) is 19.1 Å². The molecule has 0 radical (unpaired) electrons. The van der Waals surface area contributed by atoms with Crippen molar-refractivity contribution in [3.05, 3.63) is 0 Å². The van der Waals surface area contributed by atoms with Gasteiger partial charge in [0.05, 0.1) is 5.75 Å². The topological polar surface area (TPSA) is 49.4 Å². The summed E-state index contributed by atoms with van der Waals surface area (Å²) < 4.78 is 24.6. The molecular weight excluding hydrogens is 188 g/mol. The second-order valence-electron chi connectivity index (χ2n) is 3.51. The average molecular weight is 206 g/mol. The van der Waals surface area contributed by atoms with Crippen molar-refractivity contribution >= 4 is 10.0 Å². The summed E-state index contributed by atoms with van der Waals surface area (Å²) in [7, 11) is -0.958. The predicted molar refractivity (Wildman–Crippen MR) is 53.1 cm³/mol. The van der Waals surface area contributed by atoms with Crippen LogP contribution in [0.25, 0.3) is 0 Å². The minimum atomic E-state index is -3.00. The van der Waals surface area contributed by atoms with Gasteiger partial charge in [-0.1, -0.05) is 0 Å². The normalized spacial score (nSPS) is 18.1. The summed E-state index contributed by atoms with van der Waals surface area (Å²) in [4.78, 5) is 2.21. The zero-order valence-corrected chi connectivity index (χ0v) is 9.10. The van der Waals surface area contributed by atoms with Crippen molar-refractivity contribution in [3.63, 3.8) is 0 Å². The van der Waals surface area contributed by atoms with Crippen molar-refractivity contribution in [2.45, 2.75) is 25.8 Å². The molecule has 0 heterocycles. The molecule has 78 valence electrons. The van der Waals surface area contributed by atoms with Crippen LogP contribution in [0, 0.1) is 0 Å². The van der Waals surface area contributed by atoms with Crippen molar-refractivity contribution in [3.8, 4) is 0 Å². The molecule has 4 nitrogen and oxygen atoms in total. The molecule has 0 bridgehead atoms. The van der Waals surface area contributed by atoms with E-state index in [0.29, 0.717) is 12.6 Å². The number of rotatable bonds is 6. The Bertz CT molecular complexity index is 247. The lowest BCUT2D eigenvalue weighted by Crippen LogP contribution is -2.34. The lowest BCUT2D eigenvalue weighted by Gasteiger charge is -2.15.